The molecular formula is C71H122O6. The molecule has 0 rings (SSSR count). The van der Waals surface area contributed by atoms with Crippen molar-refractivity contribution < 1.29 is 28.6 Å². The fourth-order valence-electron chi connectivity index (χ4n) is 9.25. The predicted molar refractivity (Wildman–Crippen MR) is 334 cm³/mol. The average molecular weight is 1070 g/mol. The van der Waals surface area contributed by atoms with Gasteiger partial charge in [-0.1, -0.05) is 298 Å². The maximum Gasteiger partial charge on any atom is 0.306 e. The van der Waals surface area contributed by atoms with Crippen molar-refractivity contribution in [2.24, 2.45) is 0 Å². The Bertz CT molecular complexity index is 1510. The summed E-state index contributed by atoms with van der Waals surface area (Å²) in [7, 11) is 0. The van der Waals surface area contributed by atoms with E-state index in [9.17, 15) is 14.4 Å². The summed E-state index contributed by atoms with van der Waals surface area (Å²) < 4.78 is 17.0. The molecule has 0 aliphatic rings. The Morgan fingerprint density at radius 1 is 0.273 bits per heavy atom. The number of carbonyl (C=O) groups is 3. The Morgan fingerprint density at radius 2 is 0.506 bits per heavy atom. The highest BCUT2D eigenvalue weighted by Gasteiger charge is 2.19. The van der Waals surface area contributed by atoms with Crippen LogP contribution in [0.5, 0.6) is 0 Å². The van der Waals surface area contributed by atoms with Crippen LogP contribution in [0.4, 0.5) is 0 Å². The summed E-state index contributed by atoms with van der Waals surface area (Å²) in [6, 6.07) is 0. The Balaban J connectivity index is 4.36. The van der Waals surface area contributed by atoms with E-state index < -0.39 is 6.10 Å². The fraction of sp³-hybridized carbons (Fsp3) is 0.732. The van der Waals surface area contributed by atoms with Gasteiger partial charge in [-0.25, -0.2) is 0 Å². The Kier molecular flexibility index (Phi) is 61.8. The lowest BCUT2D eigenvalue weighted by atomic mass is 10.0. The Labute approximate surface area is 477 Å². The summed E-state index contributed by atoms with van der Waals surface area (Å²) in [6.07, 6.45) is 86.9. The summed E-state index contributed by atoms with van der Waals surface area (Å²) in [5.74, 6) is -0.883. The molecule has 0 N–H and O–H groups in total. The molecule has 6 heteroatoms. The second kappa shape index (κ2) is 64.9. The van der Waals surface area contributed by atoms with Crippen molar-refractivity contribution in [2.75, 3.05) is 13.2 Å². The lowest BCUT2D eigenvalue weighted by Crippen LogP contribution is -2.30. The minimum Gasteiger partial charge on any atom is -0.462 e. The smallest absolute Gasteiger partial charge is 0.306 e. The molecule has 0 heterocycles. The van der Waals surface area contributed by atoms with Crippen LogP contribution in [0.2, 0.25) is 0 Å². The quantitative estimate of drug-likeness (QED) is 0.0261. The van der Waals surface area contributed by atoms with E-state index in [1.807, 2.05) is 0 Å². The average Bonchev–Trinajstić information content (AvgIpc) is 3.43. The summed E-state index contributed by atoms with van der Waals surface area (Å²) in [5, 5.41) is 0. The van der Waals surface area contributed by atoms with Gasteiger partial charge in [-0.15, -0.1) is 0 Å². The van der Waals surface area contributed by atoms with Gasteiger partial charge in [0.15, 0.2) is 6.10 Å². The third-order valence-corrected chi connectivity index (χ3v) is 14.1. The van der Waals surface area contributed by atoms with Gasteiger partial charge in [0.1, 0.15) is 13.2 Å². The van der Waals surface area contributed by atoms with Crippen LogP contribution in [0.3, 0.4) is 0 Å². The first-order chi connectivity index (χ1) is 38.0. The highest BCUT2D eigenvalue weighted by Crippen LogP contribution is 2.17. The number of unbranched alkanes of at least 4 members (excludes halogenated alkanes) is 32. The molecule has 0 radical (unpaired) electrons. The molecule has 0 aromatic rings. The van der Waals surface area contributed by atoms with Crippen LogP contribution in [0.25, 0.3) is 0 Å². The maximum absolute atomic E-state index is 12.9. The molecule has 0 spiro atoms. The number of rotatable bonds is 59. The number of hydrogen-bond donors (Lipinski definition) is 0. The van der Waals surface area contributed by atoms with E-state index in [0.29, 0.717) is 19.3 Å². The summed E-state index contributed by atoms with van der Waals surface area (Å²) in [4.78, 5) is 38.4. The zero-order valence-electron chi connectivity index (χ0n) is 50.7. The van der Waals surface area contributed by atoms with Gasteiger partial charge in [-0.05, 0) is 96.3 Å². The zero-order valence-corrected chi connectivity index (χ0v) is 50.7. The first-order valence-electron chi connectivity index (χ1n) is 32.7. The second-order valence-electron chi connectivity index (χ2n) is 21.6. The van der Waals surface area contributed by atoms with Crippen molar-refractivity contribution in [2.45, 2.75) is 322 Å². The fourth-order valence-corrected chi connectivity index (χ4v) is 9.25. The predicted octanol–water partition coefficient (Wildman–Crippen LogP) is 22.4. The topological polar surface area (TPSA) is 78.9 Å². The van der Waals surface area contributed by atoms with Crippen LogP contribution in [0, 0.1) is 0 Å². The molecule has 0 fully saturated rings. The molecule has 1 atom stereocenters. The van der Waals surface area contributed by atoms with Crippen LogP contribution in [0.15, 0.2) is 97.2 Å². The van der Waals surface area contributed by atoms with Crippen LogP contribution in [0.1, 0.15) is 316 Å². The van der Waals surface area contributed by atoms with Gasteiger partial charge >= 0.3 is 17.9 Å². The molecule has 0 amide bonds. The molecular weight excluding hydrogens is 949 g/mol. The first kappa shape index (κ1) is 73.3. The van der Waals surface area contributed by atoms with E-state index in [-0.39, 0.29) is 31.1 Å². The molecule has 77 heavy (non-hydrogen) atoms. The van der Waals surface area contributed by atoms with Crippen LogP contribution in [-0.2, 0) is 28.6 Å². The molecule has 0 aromatic carbocycles. The maximum atomic E-state index is 12.9. The SMILES string of the molecule is CC/C=C\C/C=C\C/C=C\C/C=C\C/C=C\CCCCCCCCCCCC(=O)OCC(COC(=O)CCCCCCCCCCCCCCCCCCC)OC(=O)CCCCCCCCC/C=C\C/C=C\C/C=C\CC. The zero-order chi connectivity index (χ0) is 55.7. The highest BCUT2D eigenvalue weighted by atomic mass is 16.6. The monoisotopic (exact) mass is 1070 g/mol. The lowest BCUT2D eigenvalue weighted by molar-refractivity contribution is -0.167. The normalized spacial score (nSPS) is 12.7. The van der Waals surface area contributed by atoms with E-state index in [2.05, 4.69) is 118 Å². The summed E-state index contributed by atoms with van der Waals surface area (Å²) in [5.41, 5.74) is 0. The van der Waals surface area contributed by atoms with Crippen molar-refractivity contribution in [1.82, 2.24) is 0 Å². The van der Waals surface area contributed by atoms with E-state index >= 15 is 0 Å². The number of allylic oxidation sites excluding steroid dienone is 16. The largest absolute Gasteiger partial charge is 0.462 e. The second-order valence-corrected chi connectivity index (χ2v) is 21.6. The van der Waals surface area contributed by atoms with Gasteiger partial charge in [0, 0.05) is 19.3 Å². The van der Waals surface area contributed by atoms with Gasteiger partial charge in [0.2, 0.25) is 0 Å². The van der Waals surface area contributed by atoms with E-state index in [1.54, 1.807) is 0 Å². The molecule has 0 bridgehead atoms. The Morgan fingerprint density at radius 3 is 0.792 bits per heavy atom. The van der Waals surface area contributed by atoms with Crippen molar-refractivity contribution in [1.29, 1.82) is 0 Å². The van der Waals surface area contributed by atoms with Gasteiger partial charge in [0.05, 0.1) is 0 Å². The van der Waals surface area contributed by atoms with E-state index in [1.165, 1.54) is 154 Å². The molecule has 0 aliphatic heterocycles. The van der Waals surface area contributed by atoms with Crippen molar-refractivity contribution in [3.05, 3.63) is 97.2 Å². The first-order valence-corrected chi connectivity index (χ1v) is 32.7. The summed E-state index contributed by atoms with van der Waals surface area (Å²) in [6.45, 7) is 6.44. The van der Waals surface area contributed by atoms with Gasteiger partial charge in [0.25, 0.3) is 0 Å². The van der Waals surface area contributed by atoms with Gasteiger partial charge < -0.3 is 14.2 Å². The van der Waals surface area contributed by atoms with Gasteiger partial charge in [-0.3, -0.25) is 14.4 Å². The third kappa shape index (κ3) is 63.0. The van der Waals surface area contributed by atoms with Crippen LogP contribution < -0.4 is 0 Å². The van der Waals surface area contributed by atoms with Crippen LogP contribution >= 0.6 is 0 Å². The minimum atomic E-state index is -0.786. The molecule has 442 valence electrons. The molecule has 6 nitrogen and oxygen atoms in total. The minimum absolute atomic E-state index is 0.0806. The number of esters is 3. The molecule has 0 aliphatic carbocycles. The number of hydrogen-bond acceptors (Lipinski definition) is 6. The number of ether oxygens (including phenoxy) is 3. The van der Waals surface area contributed by atoms with E-state index in [4.69, 9.17) is 14.2 Å². The third-order valence-electron chi connectivity index (χ3n) is 14.1. The molecule has 1 unspecified atom stereocenters. The molecule has 0 saturated heterocycles. The number of carbonyl (C=O) groups excluding carboxylic acids is 3. The van der Waals surface area contributed by atoms with Crippen LogP contribution in [-0.4, -0.2) is 37.2 Å². The van der Waals surface area contributed by atoms with Crippen molar-refractivity contribution in [3.63, 3.8) is 0 Å². The van der Waals surface area contributed by atoms with E-state index in [0.717, 1.165) is 122 Å². The lowest BCUT2D eigenvalue weighted by Gasteiger charge is -2.18. The van der Waals surface area contributed by atoms with Crippen molar-refractivity contribution >= 4 is 17.9 Å². The van der Waals surface area contributed by atoms with Gasteiger partial charge in [-0.2, -0.15) is 0 Å². The molecule has 0 aromatic heterocycles. The summed E-state index contributed by atoms with van der Waals surface area (Å²) >= 11 is 0. The standard InChI is InChI=1S/C71H122O6/c1-4-7-10-13-16-19-22-25-28-31-32-33-34-35-36-37-38-41-43-46-49-52-55-58-61-64-70(73)76-67-68(77-71(74)65-62-59-56-53-50-47-44-40-30-27-24-21-18-15-12-9-6-3)66-75-69(72)63-60-57-54-51-48-45-42-39-29-26-23-20-17-14-11-8-5-2/h7,9-10,12,16,18-19,21,25,27-28,30,32-33,35-36,68H,4-6,8,11,13-15,17,20,22-24,26,29,31,34,37-67H2,1-3H3/b10-7-,12-9-,19-16-,21-18-,28-25-,30-27-,33-32-,36-35-. The Hall–Kier alpha value is -3.67. The molecule has 0 saturated carbocycles. The highest BCUT2D eigenvalue weighted by molar-refractivity contribution is 5.71. The van der Waals surface area contributed by atoms with Crippen molar-refractivity contribution in [3.8, 4) is 0 Å².